The van der Waals surface area contributed by atoms with Crippen LogP contribution in [0.4, 0.5) is 11.4 Å². The molecule has 0 spiro atoms. The second-order valence-corrected chi connectivity index (χ2v) is 4.78. The van der Waals surface area contributed by atoms with Crippen molar-refractivity contribution in [2.45, 2.75) is 20.3 Å². The van der Waals surface area contributed by atoms with Crippen LogP contribution in [0.1, 0.15) is 30.0 Å². The molecule has 1 aromatic heterocycles. The predicted molar refractivity (Wildman–Crippen MR) is 83.0 cm³/mol. The van der Waals surface area contributed by atoms with E-state index in [0.29, 0.717) is 35.2 Å². The fourth-order valence-electron chi connectivity index (χ4n) is 1.89. The fraction of sp³-hybridized carbons (Fsp3) is 0.286. The largest absolute Gasteiger partial charge is 0.492 e. The lowest BCUT2D eigenvalue weighted by atomic mass is 10.2. The summed E-state index contributed by atoms with van der Waals surface area (Å²) >= 11 is 5.95. The maximum absolute atomic E-state index is 12.3. The topological polar surface area (TPSA) is 93.0 Å². The van der Waals surface area contributed by atoms with E-state index in [1.807, 2.05) is 13.8 Å². The number of nitrogens with two attached hydrogens (primary N) is 1. The van der Waals surface area contributed by atoms with Gasteiger partial charge in [0.15, 0.2) is 5.69 Å². The number of rotatable bonds is 5. The van der Waals surface area contributed by atoms with Gasteiger partial charge >= 0.3 is 0 Å². The van der Waals surface area contributed by atoms with Crippen molar-refractivity contribution < 1.29 is 9.53 Å². The molecule has 0 fully saturated rings. The number of aromatic nitrogens is 2. The normalized spacial score (nSPS) is 10.4. The SMILES string of the molecule is CCOc1ccc(Cl)cc1NC(=O)c1n[nH]c(CC)c1N. The highest BCUT2D eigenvalue weighted by Crippen LogP contribution is 2.29. The lowest BCUT2D eigenvalue weighted by molar-refractivity contribution is 0.102. The van der Waals surface area contributed by atoms with Crippen molar-refractivity contribution in [1.82, 2.24) is 10.2 Å². The Kier molecular flexibility index (Phi) is 4.70. The second kappa shape index (κ2) is 6.49. The highest BCUT2D eigenvalue weighted by Gasteiger charge is 2.18. The number of nitrogens with zero attached hydrogens (tertiary/aromatic N) is 1. The summed E-state index contributed by atoms with van der Waals surface area (Å²) in [5.41, 5.74) is 7.61. The molecule has 1 aromatic carbocycles. The van der Waals surface area contributed by atoms with E-state index in [-0.39, 0.29) is 5.69 Å². The predicted octanol–water partition coefficient (Wildman–Crippen LogP) is 2.86. The van der Waals surface area contributed by atoms with Crippen molar-refractivity contribution >= 4 is 28.9 Å². The monoisotopic (exact) mass is 308 g/mol. The van der Waals surface area contributed by atoms with E-state index in [4.69, 9.17) is 22.1 Å². The number of amides is 1. The molecule has 112 valence electrons. The van der Waals surface area contributed by atoms with Crippen molar-refractivity contribution in [3.8, 4) is 5.75 Å². The minimum Gasteiger partial charge on any atom is -0.492 e. The number of nitrogens with one attached hydrogen (secondary N) is 2. The van der Waals surface area contributed by atoms with Gasteiger partial charge in [0.2, 0.25) is 0 Å². The molecule has 0 saturated carbocycles. The van der Waals surface area contributed by atoms with Crippen LogP contribution in [0.2, 0.25) is 5.02 Å². The zero-order chi connectivity index (χ0) is 15.4. The van der Waals surface area contributed by atoms with Crippen molar-refractivity contribution in [2.75, 3.05) is 17.7 Å². The third-order valence-electron chi connectivity index (χ3n) is 2.94. The molecule has 0 saturated heterocycles. The Bertz CT molecular complexity index is 654. The number of ether oxygens (including phenoxy) is 1. The van der Waals surface area contributed by atoms with Gasteiger partial charge in [-0.25, -0.2) is 0 Å². The van der Waals surface area contributed by atoms with Crippen LogP contribution in [0, 0.1) is 0 Å². The number of halogens is 1. The molecule has 0 atom stereocenters. The summed E-state index contributed by atoms with van der Waals surface area (Å²) < 4.78 is 5.45. The number of benzene rings is 1. The molecule has 0 unspecified atom stereocenters. The van der Waals surface area contributed by atoms with Crippen LogP contribution in [0.25, 0.3) is 0 Å². The van der Waals surface area contributed by atoms with Crippen LogP contribution in [-0.2, 0) is 6.42 Å². The molecular formula is C14H17ClN4O2. The Morgan fingerprint density at radius 3 is 2.86 bits per heavy atom. The first kappa shape index (κ1) is 15.2. The molecule has 21 heavy (non-hydrogen) atoms. The van der Waals surface area contributed by atoms with E-state index in [1.165, 1.54) is 0 Å². The van der Waals surface area contributed by atoms with Crippen LogP contribution >= 0.6 is 11.6 Å². The number of hydrogen-bond donors (Lipinski definition) is 3. The standard InChI is InChI=1S/C14H17ClN4O2/c1-3-9-12(16)13(19-18-9)14(20)17-10-7-8(15)5-6-11(10)21-4-2/h5-7H,3-4,16H2,1-2H3,(H,17,20)(H,18,19). The Labute approximate surface area is 127 Å². The summed E-state index contributed by atoms with van der Waals surface area (Å²) in [6.07, 6.45) is 0.674. The molecule has 1 amide bonds. The molecule has 0 bridgehead atoms. The minimum absolute atomic E-state index is 0.161. The Morgan fingerprint density at radius 2 is 2.24 bits per heavy atom. The second-order valence-electron chi connectivity index (χ2n) is 4.35. The Morgan fingerprint density at radius 1 is 1.48 bits per heavy atom. The van der Waals surface area contributed by atoms with Gasteiger partial charge in [-0.2, -0.15) is 5.10 Å². The quantitative estimate of drug-likeness (QED) is 0.791. The maximum atomic E-state index is 12.3. The molecule has 4 N–H and O–H groups in total. The smallest absolute Gasteiger partial charge is 0.278 e. The van der Waals surface area contributed by atoms with Gasteiger partial charge in [0.25, 0.3) is 5.91 Å². The average Bonchev–Trinajstić information content (AvgIpc) is 2.83. The lowest BCUT2D eigenvalue weighted by Gasteiger charge is -2.11. The highest BCUT2D eigenvalue weighted by molar-refractivity contribution is 6.31. The van der Waals surface area contributed by atoms with Crippen molar-refractivity contribution in [2.24, 2.45) is 0 Å². The number of aryl methyl sites for hydroxylation is 1. The van der Waals surface area contributed by atoms with E-state index in [9.17, 15) is 4.79 Å². The van der Waals surface area contributed by atoms with Gasteiger partial charge < -0.3 is 15.8 Å². The number of nitrogen functional groups attached to an aromatic ring is 1. The average molecular weight is 309 g/mol. The van der Waals surface area contributed by atoms with Gasteiger partial charge in [0.05, 0.1) is 23.7 Å². The zero-order valence-electron chi connectivity index (χ0n) is 11.9. The van der Waals surface area contributed by atoms with Gasteiger partial charge in [-0.3, -0.25) is 9.89 Å². The maximum Gasteiger partial charge on any atom is 0.278 e. The third kappa shape index (κ3) is 3.28. The highest BCUT2D eigenvalue weighted by atomic mass is 35.5. The van der Waals surface area contributed by atoms with E-state index in [2.05, 4.69) is 15.5 Å². The van der Waals surface area contributed by atoms with Gasteiger partial charge in [0, 0.05) is 5.02 Å². The molecule has 0 aliphatic carbocycles. The van der Waals surface area contributed by atoms with E-state index < -0.39 is 5.91 Å². The number of carbonyl (C=O) groups is 1. The first-order valence-electron chi connectivity index (χ1n) is 6.63. The molecule has 2 aromatic rings. The van der Waals surface area contributed by atoms with E-state index >= 15 is 0 Å². The number of carbonyl (C=O) groups excluding carboxylic acids is 1. The fourth-order valence-corrected chi connectivity index (χ4v) is 2.06. The molecule has 0 radical (unpaired) electrons. The summed E-state index contributed by atoms with van der Waals surface area (Å²) in [4.78, 5) is 12.3. The Balaban J connectivity index is 2.26. The van der Waals surface area contributed by atoms with Crippen molar-refractivity contribution in [3.63, 3.8) is 0 Å². The van der Waals surface area contributed by atoms with Gasteiger partial charge in [0.1, 0.15) is 5.75 Å². The minimum atomic E-state index is -0.410. The zero-order valence-corrected chi connectivity index (χ0v) is 12.6. The summed E-state index contributed by atoms with van der Waals surface area (Å²) in [7, 11) is 0. The number of anilines is 2. The molecular weight excluding hydrogens is 292 g/mol. The summed E-state index contributed by atoms with van der Waals surface area (Å²) in [5, 5.41) is 9.91. The summed E-state index contributed by atoms with van der Waals surface area (Å²) in [6, 6.07) is 5.02. The van der Waals surface area contributed by atoms with Crippen LogP contribution in [0.15, 0.2) is 18.2 Å². The van der Waals surface area contributed by atoms with Crippen LogP contribution in [0.5, 0.6) is 5.75 Å². The summed E-state index contributed by atoms with van der Waals surface area (Å²) in [6.45, 7) is 4.27. The van der Waals surface area contributed by atoms with Gasteiger partial charge in [-0.15, -0.1) is 0 Å². The Hall–Kier alpha value is -2.21. The van der Waals surface area contributed by atoms with Gasteiger partial charge in [-0.1, -0.05) is 18.5 Å². The number of hydrogen-bond acceptors (Lipinski definition) is 4. The van der Waals surface area contributed by atoms with Crippen LogP contribution in [0.3, 0.4) is 0 Å². The third-order valence-corrected chi connectivity index (χ3v) is 3.18. The molecule has 0 aliphatic rings. The number of H-pyrrole nitrogens is 1. The van der Waals surface area contributed by atoms with E-state index in [0.717, 1.165) is 5.69 Å². The van der Waals surface area contributed by atoms with Crippen molar-refractivity contribution in [3.05, 3.63) is 34.6 Å². The number of aromatic amines is 1. The van der Waals surface area contributed by atoms with Crippen LogP contribution in [-0.4, -0.2) is 22.7 Å². The summed E-state index contributed by atoms with van der Waals surface area (Å²) in [5.74, 6) is 0.131. The lowest BCUT2D eigenvalue weighted by Crippen LogP contribution is -2.15. The first-order chi connectivity index (χ1) is 10.1. The molecule has 2 rings (SSSR count). The van der Waals surface area contributed by atoms with E-state index in [1.54, 1.807) is 18.2 Å². The van der Waals surface area contributed by atoms with Crippen LogP contribution < -0.4 is 15.8 Å². The first-order valence-corrected chi connectivity index (χ1v) is 7.01. The molecule has 1 heterocycles. The molecule has 6 nitrogen and oxygen atoms in total. The van der Waals surface area contributed by atoms with Gasteiger partial charge in [-0.05, 0) is 31.5 Å². The van der Waals surface area contributed by atoms with Crippen molar-refractivity contribution in [1.29, 1.82) is 0 Å². The molecule has 0 aliphatic heterocycles. The molecule has 7 heteroatoms.